The van der Waals surface area contributed by atoms with E-state index in [0.717, 1.165) is 129 Å². The van der Waals surface area contributed by atoms with Crippen LogP contribution in [0.4, 0.5) is 4.39 Å². The zero-order chi connectivity index (χ0) is 47.6. The van der Waals surface area contributed by atoms with Gasteiger partial charge in [-0.2, -0.15) is 0 Å². The number of carbonyl (C=O) groups is 3. The van der Waals surface area contributed by atoms with Crippen LogP contribution in [0.15, 0.2) is 96.2 Å². The number of likely N-dealkylation sites (tertiary alicyclic amines) is 1. The smallest absolute Gasteiger partial charge is 0.249 e. The zero-order valence-electron chi connectivity index (χ0n) is 40.3. The molecule has 3 N–H and O–H groups in total. The Bertz CT molecular complexity index is 2790. The van der Waals surface area contributed by atoms with Crippen LogP contribution in [0.2, 0.25) is 0 Å². The van der Waals surface area contributed by atoms with Gasteiger partial charge in [0.1, 0.15) is 29.9 Å². The van der Waals surface area contributed by atoms with Gasteiger partial charge in [0.25, 0.3) is 0 Å². The molecule has 5 aliphatic rings. The number of amides is 2. The van der Waals surface area contributed by atoms with E-state index < -0.39 is 6.04 Å². The summed E-state index contributed by atoms with van der Waals surface area (Å²) in [5.74, 6) is 1.70. The minimum atomic E-state index is -0.549. The second-order valence-electron chi connectivity index (χ2n) is 20.1. The molecular formula is C55H66FN9O4. The molecule has 0 spiro atoms. The molecule has 3 saturated heterocycles. The molecule has 14 heteroatoms. The number of H-pyrrole nitrogens is 1. The minimum Gasteiger partial charge on any atom is -0.377 e. The number of carbonyl (C=O) groups excluding carboxylic acids is 3. The van der Waals surface area contributed by atoms with Crippen LogP contribution in [0.3, 0.4) is 0 Å². The summed E-state index contributed by atoms with van der Waals surface area (Å²) in [5, 5.41) is 6.62. The number of aryl methyl sites for hydroxylation is 1. The van der Waals surface area contributed by atoms with Crippen molar-refractivity contribution >= 4 is 39.7 Å². The van der Waals surface area contributed by atoms with Crippen molar-refractivity contribution < 1.29 is 23.5 Å². The van der Waals surface area contributed by atoms with Gasteiger partial charge in [0, 0.05) is 101 Å². The van der Waals surface area contributed by atoms with Crippen LogP contribution < -0.4 is 10.6 Å². The van der Waals surface area contributed by atoms with E-state index >= 15 is 4.39 Å². The fourth-order valence-electron chi connectivity index (χ4n) is 11.7. The number of nitrogens with one attached hydrogen (secondary N) is 3. The lowest BCUT2D eigenvalue weighted by Gasteiger charge is -2.39. The maximum absolute atomic E-state index is 15.5. The number of imidazole rings is 1. The molecule has 10 rings (SSSR count). The zero-order valence-corrected chi connectivity index (χ0v) is 40.3. The number of benzene rings is 2. The molecule has 2 amide bonds. The van der Waals surface area contributed by atoms with Gasteiger partial charge in [-0.05, 0) is 136 Å². The normalized spacial score (nSPS) is 22.8. The van der Waals surface area contributed by atoms with Crippen molar-refractivity contribution in [2.45, 2.75) is 95.7 Å². The third kappa shape index (κ3) is 10.3. The Labute approximate surface area is 404 Å². The Morgan fingerprint density at radius 1 is 0.928 bits per heavy atom. The van der Waals surface area contributed by atoms with E-state index in [0.29, 0.717) is 55.0 Å². The van der Waals surface area contributed by atoms with Gasteiger partial charge in [0.2, 0.25) is 11.8 Å². The van der Waals surface area contributed by atoms with E-state index in [-0.39, 0.29) is 35.9 Å². The molecule has 0 bridgehead atoms. The summed E-state index contributed by atoms with van der Waals surface area (Å²) in [7, 11) is 3.81. The van der Waals surface area contributed by atoms with Gasteiger partial charge in [0.15, 0.2) is 5.78 Å². The van der Waals surface area contributed by atoms with Gasteiger partial charge in [-0.25, -0.2) is 14.4 Å². The number of pyridine rings is 1. The number of ketones is 1. The van der Waals surface area contributed by atoms with E-state index in [1.165, 1.54) is 17.3 Å². The van der Waals surface area contributed by atoms with Crippen LogP contribution >= 0.6 is 0 Å². The predicted octanol–water partition coefficient (Wildman–Crippen LogP) is 8.62. The second-order valence-corrected chi connectivity index (χ2v) is 20.1. The van der Waals surface area contributed by atoms with Crippen molar-refractivity contribution in [3.8, 4) is 11.1 Å². The van der Waals surface area contributed by atoms with Gasteiger partial charge in [0.05, 0.1) is 16.7 Å². The molecule has 2 aliphatic carbocycles. The van der Waals surface area contributed by atoms with E-state index in [1.54, 1.807) is 7.11 Å². The SMILES string of the molecule is COCc1nc2ccc(-c3ccnc4c3cc([C@H](C)N3CCC(c5ccc(C(=O)CC6CCC(CN7CCN(C8=C(F)C=C(NC9CCC(=O)NC9=O)C=CC8)CC7)CC6)cc5)CC3)n4C)cc2[nH]1. The van der Waals surface area contributed by atoms with Crippen molar-refractivity contribution in [3.63, 3.8) is 0 Å². The summed E-state index contributed by atoms with van der Waals surface area (Å²) < 4.78 is 23.1. The van der Waals surface area contributed by atoms with Crippen LogP contribution in [0, 0.1) is 11.8 Å². The summed E-state index contributed by atoms with van der Waals surface area (Å²) in [6.45, 7) is 9.18. The number of allylic oxidation sites excluding steroid dienone is 4. The first-order valence-corrected chi connectivity index (χ1v) is 25.2. The monoisotopic (exact) mass is 936 g/mol. The summed E-state index contributed by atoms with van der Waals surface area (Å²) >= 11 is 0. The van der Waals surface area contributed by atoms with E-state index in [2.05, 4.69) is 108 Å². The van der Waals surface area contributed by atoms with Gasteiger partial charge in [-0.3, -0.25) is 29.5 Å². The quantitative estimate of drug-likeness (QED) is 0.0733. The Kier molecular flexibility index (Phi) is 13.9. The largest absolute Gasteiger partial charge is 0.377 e. The first-order valence-electron chi connectivity index (χ1n) is 25.2. The highest BCUT2D eigenvalue weighted by Gasteiger charge is 2.31. The minimum absolute atomic E-state index is 0.239. The fourth-order valence-corrected chi connectivity index (χ4v) is 11.7. The molecule has 362 valence electrons. The molecule has 1 unspecified atom stereocenters. The predicted molar refractivity (Wildman–Crippen MR) is 267 cm³/mol. The van der Waals surface area contributed by atoms with Crippen LogP contribution in [0.1, 0.15) is 111 Å². The molecule has 3 aliphatic heterocycles. The molecule has 69 heavy (non-hydrogen) atoms. The summed E-state index contributed by atoms with van der Waals surface area (Å²) in [5.41, 5.74) is 9.86. The van der Waals surface area contributed by atoms with Gasteiger partial charge in [-0.15, -0.1) is 0 Å². The molecule has 2 atom stereocenters. The lowest BCUT2D eigenvalue weighted by atomic mass is 9.79. The van der Waals surface area contributed by atoms with Crippen molar-refractivity contribution in [2.24, 2.45) is 18.9 Å². The molecule has 13 nitrogen and oxygen atoms in total. The van der Waals surface area contributed by atoms with Crippen LogP contribution in [0.25, 0.3) is 33.2 Å². The van der Waals surface area contributed by atoms with Crippen molar-refractivity contribution in [1.82, 2.24) is 44.9 Å². The average Bonchev–Trinajstić information content (AvgIpc) is 3.87. The lowest BCUT2D eigenvalue weighted by Crippen LogP contribution is -2.50. The van der Waals surface area contributed by atoms with Gasteiger partial charge >= 0.3 is 0 Å². The van der Waals surface area contributed by atoms with Crippen LogP contribution in [-0.2, 0) is 28.0 Å². The van der Waals surface area contributed by atoms with Crippen LogP contribution in [0.5, 0.6) is 0 Å². The van der Waals surface area contributed by atoms with Crippen molar-refractivity contribution in [2.75, 3.05) is 52.9 Å². The van der Waals surface area contributed by atoms with E-state index in [1.807, 2.05) is 18.3 Å². The van der Waals surface area contributed by atoms with Crippen molar-refractivity contribution in [1.29, 1.82) is 0 Å². The number of halogens is 1. The Morgan fingerprint density at radius 2 is 1.70 bits per heavy atom. The molecular weight excluding hydrogens is 870 g/mol. The number of imide groups is 1. The average molecular weight is 936 g/mol. The first kappa shape index (κ1) is 46.8. The first-order chi connectivity index (χ1) is 33.6. The van der Waals surface area contributed by atoms with Crippen molar-refractivity contribution in [3.05, 3.63) is 119 Å². The molecule has 2 aromatic carbocycles. The Hall–Kier alpha value is -5.96. The number of fused-ring (bicyclic) bond motifs is 2. The number of methoxy groups -OCH3 is 1. The topological polar surface area (TPSA) is 141 Å². The molecule has 3 aromatic heterocycles. The second kappa shape index (κ2) is 20.6. The number of rotatable bonds is 14. The number of Topliss-reactive ketones (excluding diaryl/α,β-unsaturated/α-hetero) is 1. The number of aromatic nitrogens is 4. The number of nitrogens with zero attached hydrogens (tertiary/aromatic N) is 6. The van der Waals surface area contributed by atoms with E-state index in [4.69, 9.17) is 9.72 Å². The number of ether oxygens (including phenoxy) is 1. The fraction of sp³-hybridized carbons (Fsp3) is 0.473. The summed E-state index contributed by atoms with van der Waals surface area (Å²) in [6.07, 6.45) is 15.6. The highest BCUT2D eigenvalue weighted by atomic mass is 19.1. The van der Waals surface area contributed by atoms with Gasteiger partial charge in [-0.1, -0.05) is 36.4 Å². The molecule has 5 aromatic rings. The standard InChI is InChI=1S/C55H66FN9O4/c1-35(50-32-44-43(19-22-57-54(44)62(50)2)41-15-16-46-48(30-41)60-52(59-46)34-69-3)64-23-20-39(21-24-64)38-11-13-40(14-12-38)51(66)29-36-7-9-37(10-8-36)33-63-25-27-65(28-26-63)49-6-4-5-42(31-45(49)56)58-47-17-18-53(67)61-55(47)68/h4-5,11-16,19,22,30-32,35-37,39,47,58H,6-10,17-18,20-21,23-29,33-34H2,1-3H3,(H,59,60)(H,61,67,68)/t35-,36?,37?,47?/m0/s1. The number of hydrogen-bond donors (Lipinski definition) is 3. The Morgan fingerprint density at radius 3 is 2.45 bits per heavy atom. The number of piperazine rings is 1. The highest BCUT2D eigenvalue weighted by Crippen LogP contribution is 2.38. The van der Waals surface area contributed by atoms with Gasteiger partial charge < -0.3 is 24.5 Å². The van der Waals surface area contributed by atoms with Crippen LogP contribution in [-0.4, -0.2) is 111 Å². The number of aromatic amines is 1. The Balaban J connectivity index is 0.663. The summed E-state index contributed by atoms with van der Waals surface area (Å²) in [6, 6.07) is 19.1. The molecule has 6 heterocycles. The molecule has 1 saturated carbocycles. The third-order valence-electron chi connectivity index (χ3n) is 15.8. The maximum atomic E-state index is 15.5. The third-order valence-corrected chi connectivity index (χ3v) is 15.8. The maximum Gasteiger partial charge on any atom is 0.249 e. The number of piperidine rings is 2. The molecule has 0 radical (unpaired) electrons. The number of hydrogen-bond acceptors (Lipinski definition) is 10. The lowest BCUT2D eigenvalue weighted by molar-refractivity contribution is -0.134. The highest BCUT2D eigenvalue weighted by molar-refractivity contribution is 6.00. The summed E-state index contributed by atoms with van der Waals surface area (Å²) in [4.78, 5) is 57.5. The molecule has 4 fully saturated rings. The van der Waals surface area contributed by atoms with E-state index in [9.17, 15) is 14.4 Å².